The molecule has 7 heteroatoms. The minimum absolute atomic E-state index is 0.264. The van der Waals surface area contributed by atoms with E-state index in [4.69, 9.17) is 9.47 Å². The first-order chi connectivity index (χ1) is 9.79. The first kappa shape index (κ1) is 14.1. The predicted octanol–water partition coefficient (Wildman–Crippen LogP) is 1.38. The second kappa shape index (κ2) is 7.34. The first-order valence-electron chi connectivity index (χ1n) is 6.41. The Kier molecular flexibility index (Phi) is 5.19. The summed E-state index contributed by atoms with van der Waals surface area (Å²) in [6.45, 7) is 3.15. The second-order valence-electron chi connectivity index (χ2n) is 4.02. The lowest BCUT2D eigenvalue weighted by Gasteiger charge is -2.05. The molecular weight excluding hydrogens is 260 g/mol. The lowest BCUT2D eigenvalue weighted by molar-refractivity contribution is -0.134. The van der Waals surface area contributed by atoms with E-state index in [9.17, 15) is 4.79 Å². The van der Waals surface area contributed by atoms with Crippen LogP contribution in [0.5, 0.6) is 5.75 Å². The van der Waals surface area contributed by atoms with Gasteiger partial charge < -0.3 is 9.47 Å². The van der Waals surface area contributed by atoms with Crippen LogP contribution in [0.25, 0.3) is 5.69 Å². The lowest BCUT2D eigenvalue weighted by Crippen LogP contribution is -2.09. The van der Waals surface area contributed by atoms with Crippen LogP contribution < -0.4 is 4.74 Å². The van der Waals surface area contributed by atoms with Crippen LogP contribution in [0, 0.1) is 0 Å². The molecule has 0 aliphatic heterocycles. The number of carbonyl (C=O) groups excluding carboxylic acids is 1. The third-order valence-electron chi connectivity index (χ3n) is 2.56. The zero-order valence-corrected chi connectivity index (χ0v) is 11.2. The zero-order chi connectivity index (χ0) is 14.2. The van der Waals surface area contributed by atoms with E-state index in [-0.39, 0.29) is 5.97 Å². The molecule has 0 N–H and O–H groups in total. The molecule has 0 aliphatic rings. The van der Waals surface area contributed by atoms with Crippen molar-refractivity contribution in [2.75, 3.05) is 13.2 Å². The maximum atomic E-state index is 11.6. The summed E-state index contributed by atoms with van der Waals surface area (Å²) in [4.78, 5) is 11.6. The fourth-order valence-corrected chi connectivity index (χ4v) is 1.59. The molecule has 0 fully saturated rings. The topological polar surface area (TPSA) is 79.1 Å². The molecule has 0 bridgehead atoms. The van der Waals surface area contributed by atoms with Gasteiger partial charge in [0.25, 0.3) is 0 Å². The van der Waals surface area contributed by atoms with Gasteiger partial charge in [-0.05, 0) is 48.0 Å². The van der Waals surface area contributed by atoms with Crippen molar-refractivity contribution < 1.29 is 14.3 Å². The normalized spacial score (nSPS) is 10.4. The van der Waals surface area contributed by atoms with E-state index >= 15 is 0 Å². The molecule has 2 aromatic rings. The summed E-state index contributed by atoms with van der Waals surface area (Å²) in [7, 11) is 0. The van der Waals surface area contributed by atoms with Gasteiger partial charge in [-0.15, -0.1) is 5.10 Å². The van der Waals surface area contributed by atoms with Crippen LogP contribution in [0.4, 0.5) is 0 Å². The van der Waals surface area contributed by atoms with Crippen LogP contribution in [0.15, 0.2) is 30.6 Å². The van der Waals surface area contributed by atoms with Gasteiger partial charge in [0.15, 0.2) is 0 Å². The number of tetrazole rings is 1. The molecule has 2 rings (SSSR count). The number of hydrogen-bond donors (Lipinski definition) is 0. The fourth-order valence-electron chi connectivity index (χ4n) is 1.59. The molecule has 1 heterocycles. The average molecular weight is 276 g/mol. The zero-order valence-electron chi connectivity index (χ0n) is 11.2. The van der Waals surface area contributed by atoms with E-state index in [0.717, 1.165) is 5.69 Å². The van der Waals surface area contributed by atoms with Gasteiger partial charge in [-0.2, -0.15) is 0 Å². The van der Waals surface area contributed by atoms with Crippen LogP contribution in [-0.4, -0.2) is 39.4 Å². The Morgan fingerprint density at radius 3 is 2.75 bits per heavy atom. The van der Waals surface area contributed by atoms with E-state index in [1.165, 1.54) is 11.0 Å². The van der Waals surface area contributed by atoms with Gasteiger partial charge in [0.05, 0.1) is 5.69 Å². The maximum absolute atomic E-state index is 11.6. The number of aromatic nitrogens is 4. The van der Waals surface area contributed by atoms with Crippen molar-refractivity contribution in [1.29, 1.82) is 0 Å². The van der Waals surface area contributed by atoms with Crippen LogP contribution in [0.2, 0.25) is 0 Å². The van der Waals surface area contributed by atoms with Gasteiger partial charge in [-0.3, -0.25) is 4.79 Å². The van der Waals surface area contributed by atoms with Crippen LogP contribution >= 0.6 is 0 Å². The fraction of sp³-hybridized carbons (Fsp3) is 0.385. The number of hydrogen-bond acceptors (Lipinski definition) is 6. The van der Waals surface area contributed by atoms with Crippen molar-refractivity contribution in [3.8, 4) is 11.4 Å². The molecule has 20 heavy (non-hydrogen) atoms. The van der Waals surface area contributed by atoms with E-state index < -0.39 is 0 Å². The minimum atomic E-state index is -0.264. The van der Waals surface area contributed by atoms with Crippen molar-refractivity contribution >= 4 is 5.97 Å². The molecule has 0 radical (unpaired) electrons. The molecule has 0 atom stereocenters. The molecule has 0 amide bonds. The van der Waals surface area contributed by atoms with Gasteiger partial charge in [-0.1, -0.05) is 0 Å². The van der Waals surface area contributed by atoms with Crippen molar-refractivity contribution in [3.05, 3.63) is 30.6 Å². The van der Waals surface area contributed by atoms with Crippen molar-refractivity contribution in [1.82, 2.24) is 20.2 Å². The van der Waals surface area contributed by atoms with Crippen molar-refractivity contribution in [2.45, 2.75) is 19.8 Å². The molecule has 0 spiro atoms. The van der Waals surface area contributed by atoms with Crippen LogP contribution in [-0.2, 0) is 9.53 Å². The number of ether oxygens (including phenoxy) is 2. The smallest absolute Gasteiger partial charge is 0.311 e. The minimum Gasteiger partial charge on any atom is -0.427 e. The summed E-state index contributed by atoms with van der Waals surface area (Å²) >= 11 is 0. The molecule has 106 valence electrons. The highest BCUT2D eigenvalue weighted by atomic mass is 16.5. The number of carbonyl (C=O) groups is 1. The van der Waals surface area contributed by atoms with E-state index in [1.807, 2.05) is 6.92 Å². The highest BCUT2D eigenvalue weighted by molar-refractivity contribution is 5.72. The monoisotopic (exact) mass is 276 g/mol. The number of rotatable bonds is 7. The molecular formula is C13H16N4O3. The number of nitrogens with zero attached hydrogens (tertiary/aromatic N) is 4. The first-order valence-corrected chi connectivity index (χ1v) is 6.41. The molecule has 0 aliphatic carbocycles. The third kappa shape index (κ3) is 4.13. The molecule has 1 aromatic heterocycles. The van der Waals surface area contributed by atoms with Gasteiger partial charge in [0.1, 0.15) is 12.1 Å². The molecule has 0 unspecified atom stereocenters. The summed E-state index contributed by atoms with van der Waals surface area (Å²) in [5.74, 6) is 0.239. The molecule has 7 nitrogen and oxygen atoms in total. The predicted molar refractivity (Wildman–Crippen MR) is 70.5 cm³/mol. The number of esters is 1. The summed E-state index contributed by atoms with van der Waals surface area (Å²) in [6.07, 6.45) is 2.50. The van der Waals surface area contributed by atoms with Crippen LogP contribution in [0.1, 0.15) is 19.8 Å². The Labute approximate surface area is 116 Å². The Bertz CT molecular complexity index is 525. The highest BCUT2D eigenvalue weighted by Crippen LogP contribution is 2.15. The number of benzene rings is 1. The Hall–Kier alpha value is -2.28. The van der Waals surface area contributed by atoms with Gasteiger partial charge in [0, 0.05) is 19.6 Å². The van der Waals surface area contributed by atoms with E-state index in [1.54, 1.807) is 24.3 Å². The van der Waals surface area contributed by atoms with E-state index in [2.05, 4.69) is 15.5 Å². The molecule has 1 aromatic carbocycles. The van der Waals surface area contributed by atoms with Gasteiger partial charge in [-0.25, -0.2) is 4.68 Å². The summed E-state index contributed by atoms with van der Waals surface area (Å²) < 4.78 is 11.9. The average Bonchev–Trinajstić information content (AvgIpc) is 2.99. The SMILES string of the molecule is CCOCCCC(=O)Oc1ccc(-n2cnnn2)cc1. The maximum Gasteiger partial charge on any atom is 0.311 e. The molecule has 0 saturated heterocycles. The largest absolute Gasteiger partial charge is 0.427 e. The summed E-state index contributed by atoms with van der Waals surface area (Å²) in [6, 6.07) is 6.97. The second-order valence-corrected chi connectivity index (χ2v) is 4.02. The van der Waals surface area contributed by atoms with Gasteiger partial charge >= 0.3 is 5.97 Å². The molecule has 0 saturated carbocycles. The highest BCUT2D eigenvalue weighted by Gasteiger charge is 2.05. The third-order valence-corrected chi connectivity index (χ3v) is 2.56. The summed E-state index contributed by atoms with van der Waals surface area (Å²) in [5, 5.41) is 10.9. The van der Waals surface area contributed by atoms with Crippen molar-refractivity contribution in [2.24, 2.45) is 0 Å². The van der Waals surface area contributed by atoms with Crippen molar-refractivity contribution in [3.63, 3.8) is 0 Å². The Balaban J connectivity index is 1.83. The lowest BCUT2D eigenvalue weighted by atomic mass is 10.3. The van der Waals surface area contributed by atoms with Crippen LogP contribution in [0.3, 0.4) is 0 Å². The quantitative estimate of drug-likeness (QED) is 0.432. The Morgan fingerprint density at radius 2 is 2.10 bits per heavy atom. The van der Waals surface area contributed by atoms with Gasteiger partial charge in [0.2, 0.25) is 0 Å². The van der Waals surface area contributed by atoms with E-state index in [0.29, 0.717) is 31.8 Å². The standard InChI is InChI=1S/C13H16N4O3/c1-2-19-9-3-4-13(18)20-12-7-5-11(6-8-12)17-10-14-15-16-17/h5-8,10H,2-4,9H2,1H3. The summed E-state index contributed by atoms with van der Waals surface area (Å²) in [5.41, 5.74) is 0.797. The Morgan fingerprint density at radius 1 is 1.30 bits per heavy atom.